The average Bonchev–Trinajstić information content (AvgIpc) is 3.07. The summed E-state index contributed by atoms with van der Waals surface area (Å²) in [5.74, 6) is -1.10. The molecule has 0 spiro atoms. The fourth-order valence-corrected chi connectivity index (χ4v) is 7.11. The van der Waals surface area contributed by atoms with Crippen LogP contribution in [-0.4, -0.2) is 51.7 Å². The van der Waals surface area contributed by atoms with Gasteiger partial charge in [0.25, 0.3) is 0 Å². The molecule has 0 radical (unpaired) electrons. The summed E-state index contributed by atoms with van der Waals surface area (Å²) >= 11 is 0. The Morgan fingerprint density at radius 3 is 2.52 bits per heavy atom. The van der Waals surface area contributed by atoms with E-state index >= 15 is 0 Å². The van der Waals surface area contributed by atoms with Gasteiger partial charge in [-0.1, -0.05) is 6.92 Å². The number of hydrogen-bond donors (Lipinski definition) is 3. The van der Waals surface area contributed by atoms with Gasteiger partial charge in [0.05, 0.1) is 18.8 Å². The van der Waals surface area contributed by atoms with Crippen molar-refractivity contribution in [2.75, 3.05) is 7.11 Å². The maximum absolute atomic E-state index is 12.5. The number of carboxylic acid groups (broad SMARTS) is 1. The van der Waals surface area contributed by atoms with Crippen LogP contribution in [0.25, 0.3) is 0 Å². The summed E-state index contributed by atoms with van der Waals surface area (Å²) in [6, 6.07) is 0. The Bertz CT molecular complexity index is 1010. The van der Waals surface area contributed by atoms with Crippen molar-refractivity contribution in [2.45, 2.75) is 84.2 Å². The maximum atomic E-state index is 12.5. The number of cyclic esters (lactones) is 1. The lowest BCUT2D eigenvalue weighted by molar-refractivity contribution is -0.213. The van der Waals surface area contributed by atoms with E-state index in [0.717, 1.165) is 16.7 Å². The molecule has 2 aliphatic heterocycles. The number of carboxylic acids is 1. The largest absolute Gasteiger partial charge is 0.495 e. The van der Waals surface area contributed by atoms with Crippen LogP contribution >= 0.6 is 0 Å². The predicted octanol–water partition coefficient (Wildman–Crippen LogP) is 3.01. The minimum Gasteiger partial charge on any atom is -0.495 e. The molecule has 1 aromatic carbocycles. The Balaban J connectivity index is 1.91. The summed E-state index contributed by atoms with van der Waals surface area (Å²) < 4.78 is 17.6. The molecular formula is C25H34O8. The zero-order valence-corrected chi connectivity index (χ0v) is 20.2. The van der Waals surface area contributed by atoms with Gasteiger partial charge < -0.3 is 29.5 Å². The van der Waals surface area contributed by atoms with Gasteiger partial charge in [-0.05, 0) is 51.5 Å². The lowest BCUT2D eigenvalue weighted by Gasteiger charge is -2.61. The third-order valence-corrected chi connectivity index (χ3v) is 8.25. The Hall–Kier alpha value is -2.32. The normalized spacial score (nSPS) is 32.8. The average molecular weight is 463 g/mol. The Kier molecular flexibility index (Phi) is 5.49. The second-order valence-corrected chi connectivity index (χ2v) is 10.9. The predicted molar refractivity (Wildman–Crippen MR) is 118 cm³/mol. The van der Waals surface area contributed by atoms with Crippen LogP contribution < -0.4 is 9.47 Å². The van der Waals surface area contributed by atoms with Crippen molar-refractivity contribution in [1.29, 1.82) is 0 Å². The van der Waals surface area contributed by atoms with E-state index in [4.69, 9.17) is 14.2 Å². The second-order valence-electron chi connectivity index (χ2n) is 10.9. The van der Waals surface area contributed by atoms with Gasteiger partial charge in [-0.2, -0.15) is 0 Å². The van der Waals surface area contributed by atoms with Crippen LogP contribution in [0.5, 0.6) is 11.5 Å². The van der Waals surface area contributed by atoms with Gasteiger partial charge in [-0.3, -0.25) is 4.79 Å². The number of fused-ring (bicyclic) bond motifs is 3. The first-order valence-corrected chi connectivity index (χ1v) is 11.4. The molecule has 33 heavy (non-hydrogen) atoms. The number of rotatable bonds is 5. The number of esters is 1. The highest BCUT2D eigenvalue weighted by atomic mass is 16.5. The number of aliphatic carboxylic acids is 1. The van der Waals surface area contributed by atoms with E-state index in [-0.39, 0.29) is 25.4 Å². The number of aliphatic hydroxyl groups is 2. The minimum absolute atomic E-state index is 0.0953. The van der Waals surface area contributed by atoms with Gasteiger partial charge >= 0.3 is 11.9 Å². The van der Waals surface area contributed by atoms with Crippen molar-refractivity contribution in [3.05, 3.63) is 22.3 Å². The van der Waals surface area contributed by atoms with Crippen molar-refractivity contribution in [1.82, 2.24) is 0 Å². The molecule has 1 aliphatic carbocycles. The van der Waals surface area contributed by atoms with E-state index in [1.807, 2.05) is 20.8 Å². The standard InChI is InChI=1S/C25H34O8/c1-12-14-11-32-22(29)18(14)20(31-6)13-9-16-24(4,8-7-17(27)28)21(23(2,3)30)15(26)10-25(16,5)33-19(12)13/h15-16,21,26,30H,7-11H2,1-6H3,(H,27,28)/t15-,16-,21-,24-,25+/m1/s1. The smallest absolute Gasteiger partial charge is 0.342 e. The van der Waals surface area contributed by atoms with Crippen molar-refractivity contribution >= 4 is 11.9 Å². The molecule has 0 aromatic heterocycles. The number of carbonyl (C=O) groups is 2. The number of benzene rings is 1. The molecule has 1 saturated carbocycles. The van der Waals surface area contributed by atoms with Crippen LogP contribution in [0.1, 0.15) is 74.0 Å². The summed E-state index contributed by atoms with van der Waals surface area (Å²) in [7, 11) is 1.51. The summed E-state index contributed by atoms with van der Waals surface area (Å²) in [6.07, 6.45) is 0.0469. The number of aliphatic hydroxyl groups excluding tert-OH is 1. The fraction of sp³-hybridized carbons (Fsp3) is 0.680. The van der Waals surface area contributed by atoms with Gasteiger partial charge in [0.2, 0.25) is 0 Å². The SMILES string of the molecule is COc1c2c(c(C)c3c1C(=O)OC3)O[C@@]1(C)C[C@@H](O)[C@H](C(C)(C)O)[C@](C)(CCC(=O)O)[C@H]1C2. The lowest BCUT2D eigenvalue weighted by Crippen LogP contribution is -2.66. The highest BCUT2D eigenvalue weighted by Crippen LogP contribution is 2.61. The first-order valence-electron chi connectivity index (χ1n) is 11.4. The summed E-state index contributed by atoms with van der Waals surface area (Å²) in [5, 5.41) is 31.8. The topological polar surface area (TPSA) is 123 Å². The molecule has 3 aliphatic rings. The molecule has 1 aromatic rings. The van der Waals surface area contributed by atoms with Crippen LogP contribution in [-0.2, 0) is 22.6 Å². The van der Waals surface area contributed by atoms with Crippen molar-refractivity contribution in [2.24, 2.45) is 17.3 Å². The third kappa shape index (κ3) is 3.49. The van der Waals surface area contributed by atoms with Crippen molar-refractivity contribution in [3.63, 3.8) is 0 Å². The Morgan fingerprint density at radius 2 is 1.94 bits per heavy atom. The van der Waals surface area contributed by atoms with Gasteiger partial charge in [-0.25, -0.2) is 4.79 Å². The molecule has 2 heterocycles. The van der Waals surface area contributed by atoms with Gasteiger partial charge in [0.1, 0.15) is 29.3 Å². The molecule has 0 saturated heterocycles. The zero-order valence-electron chi connectivity index (χ0n) is 20.2. The fourth-order valence-electron chi connectivity index (χ4n) is 7.11. The lowest BCUT2D eigenvalue weighted by atomic mass is 9.48. The van der Waals surface area contributed by atoms with E-state index in [1.165, 1.54) is 7.11 Å². The molecule has 3 N–H and O–H groups in total. The van der Waals surface area contributed by atoms with Crippen molar-refractivity contribution < 1.29 is 39.1 Å². The van der Waals surface area contributed by atoms with E-state index in [9.17, 15) is 24.9 Å². The molecule has 4 rings (SSSR count). The number of methoxy groups -OCH3 is 1. The number of carbonyl (C=O) groups excluding carboxylic acids is 1. The quantitative estimate of drug-likeness (QED) is 0.571. The molecule has 1 fully saturated rings. The van der Waals surface area contributed by atoms with E-state index in [2.05, 4.69) is 0 Å². The highest BCUT2D eigenvalue weighted by molar-refractivity contribution is 5.98. The molecule has 8 heteroatoms. The van der Waals surface area contributed by atoms with Crippen LogP contribution in [0, 0.1) is 24.2 Å². The van der Waals surface area contributed by atoms with Crippen molar-refractivity contribution in [3.8, 4) is 11.5 Å². The summed E-state index contributed by atoms with van der Waals surface area (Å²) in [4.78, 5) is 24.0. The molecule has 8 nitrogen and oxygen atoms in total. The second kappa shape index (κ2) is 7.60. The van der Waals surface area contributed by atoms with Crippen LogP contribution in [0.2, 0.25) is 0 Å². The maximum Gasteiger partial charge on any atom is 0.342 e. The third-order valence-electron chi connectivity index (χ3n) is 8.25. The first-order chi connectivity index (χ1) is 15.2. The summed E-state index contributed by atoms with van der Waals surface area (Å²) in [5.41, 5.74) is -0.0651. The molecule has 182 valence electrons. The number of hydrogen-bond acceptors (Lipinski definition) is 7. The molecular weight excluding hydrogens is 428 g/mol. The molecule has 0 bridgehead atoms. The highest BCUT2D eigenvalue weighted by Gasteiger charge is 2.63. The van der Waals surface area contributed by atoms with Gasteiger partial charge in [0.15, 0.2) is 0 Å². The Morgan fingerprint density at radius 1 is 1.27 bits per heavy atom. The molecule has 0 unspecified atom stereocenters. The van der Waals surface area contributed by atoms with Gasteiger partial charge in [0, 0.05) is 35.8 Å². The van der Waals surface area contributed by atoms with Crippen LogP contribution in [0.3, 0.4) is 0 Å². The van der Waals surface area contributed by atoms with Crippen LogP contribution in [0.4, 0.5) is 0 Å². The Labute approximate surface area is 193 Å². The number of ether oxygens (including phenoxy) is 3. The first kappa shape index (κ1) is 23.8. The van der Waals surface area contributed by atoms with Crippen LogP contribution in [0.15, 0.2) is 0 Å². The van der Waals surface area contributed by atoms with Gasteiger partial charge in [-0.15, -0.1) is 0 Å². The van der Waals surface area contributed by atoms with E-state index in [0.29, 0.717) is 29.9 Å². The molecule has 5 atom stereocenters. The van der Waals surface area contributed by atoms with E-state index < -0.39 is 40.6 Å². The monoisotopic (exact) mass is 462 g/mol. The summed E-state index contributed by atoms with van der Waals surface area (Å²) in [6.45, 7) is 9.27. The zero-order chi connectivity index (χ0) is 24.5. The minimum atomic E-state index is -1.24. The van der Waals surface area contributed by atoms with E-state index in [1.54, 1.807) is 13.8 Å². The molecule has 0 amide bonds.